The molecule has 0 nitrogen and oxygen atoms in total. The second kappa shape index (κ2) is 37.9. The molecule has 0 bridgehead atoms. The van der Waals surface area contributed by atoms with Crippen molar-refractivity contribution in [1.82, 2.24) is 0 Å². The molecule has 556 valence electrons. The van der Waals surface area contributed by atoms with Crippen molar-refractivity contribution in [3.05, 3.63) is 311 Å². The maximum absolute atomic E-state index is 2.32. The van der Waals surface area contributed by atoms with Crippen LogP contribution in [0, 0.1) is 228 Å². The highest BCUT2D eigenvalue weighted by Crippen LogP contribution is 2.40. The maximum Gasteiger partial charge on any atom is -0.0120 e. The Hall–Kier alpha value is -8.58. The lowest BCUT2D eigenvalue weighted by atomic mass is 9.83. The van der Waals surface area contributed by atoms with E-state index in [1.54, 1.807) is 0 Å². The zero-order valence-corrected chi connectivity index (χ0v) is 67.6. The van der Waals surface area contributed by atoms with Crippen molar-refractivity contribution in [3.63, 3.8) is 0 Å². The van der Waals surface area contributed by atoms with Gasteiger partial charge in [0.15, 0.2) is 0 Å². The molecule has 104 heavy (non-hydrogen) atoms. The molecule has 0 aliphatic rings. The highest BCUT2D eigenvalue weighted by Gasteiger charge is 2.19. The fourth-order valence-electron chi connectivity index (χ4n) is 14.6. The van der Waals surface area contributed by atoms with Crippen molar-refractivity contribution < 1.29 is 0 Å². The lowest BCUT2D eigenvalue weighted by Crippen LogP contribution is -2.00. The van der Waals surface area contributed by atoms with Gasteiger partial charge in [-0.2, -0.15) is 0 Å². The number of hydrogen-bond acceptors (Lipinski definition) is 0. The van der Waals surface area contributed by atoms with Gasteiger partial charge in [0.05, 0.1) is 0 Å². The van der Waals surface area contributed by atoms with Crippen molar-refractivity contribution >= 4 is 32.3 Å². The average Bonchev–Trinajstić information content (AvgIpc) is 0.788. The summed E-state index contributed by atoms with van der Waals surface area (Å²) in [6.45, 7) is 72.9. The third-order valence-electron chi connectivity index (χ3n) is 23.8. The van der Waals surface area contributed by atoms with Crippen LogP contribution in [-0.4, -0.2) is 0 Å². The van der Waals surface area contributed by atoms with Crippen LogP contribution in [-0.2, 0) is 0 Å². The van der Waals surface area contributed by atoms with Gasteiger partial charge in [0.2, 0.25) is 0 Å². The summed E-state index contributed by atoms with van der Waals surface area (Å²) in [6.07, 6.45) is 0. The molecule has 0 N–H and O–H groups in total. The van der Waals surface area contributed by atoms with E-state index < -0.39 is 0 Å². The lowest BCUT2D eigenvalue weighted by molar-refractivity contribution is 1.13. The Labute approximate surface area is 638 Å². The zero-order valence-electron chi connectivity index (χ0n) is 67.6. The minimum atomic E-state index is 0. The Kier molecular flexibility index (Phi) is 33.4. The number of rotatable bonds is 3. The van der Waals surface area contributed by atoms with Gasteiger partial charge >= 0.3 is 0 Å². The maximum atomic E-state index is 2.32. The summed E-state index contributed by atoms with van der Waals surface area (Å²) in [4.78, 5) is 0. The molecular weight excluding hydrogens is 1250 g/mol. The van der Waals surface area contributed by atoms with Gasteiger partial charge in [-0.3, -0.25) is 0 Å². The van der Waals surface area contributed by atoms with Crippen molar-refractivity contribution in [2.45, 2.75) is 266 Å². The van der Waals surface area contributed by atoms with Crippen molar-refractivity contribution in [2.75, 3.05) is 0 Å². The van der Waals surface area contributed by atoms with E-state index in [2.05, 4.69) is 356 Å². The van der Waals surface area contributed by atoms with Gasteiger partial charge in [-0.25, -0.2) is 0 Å². The minimum Gasteiger partial charge on any atom is -0.0776 e. The first-order chi connectivity index (χ1) is 46.3. The molecule has 0 saturated carbocycles. The molecule has 0 saturated heterocycles. The first-order valence-electron chi connectivity index (χ1n) is 36.2. The molecule has 0 atom stereocenters. The Balaban J connectivity index is 0.000000426. The predicted molar refractivity (Wildman–Crippen MR) is 477 cm³/mol. The average molecular weight is 1390 g/mol. The van der Waals surface area contributed by atoms with Gasteiger partial charge in [-0.15, -0.1) is 0 Å². The molecule has 0 aliphatic heterocycles. The Morgan fingerprint density at radius 2 is 0.346 bits per heavy atom. The summed E-state index contributed by atoms with van der Waals surface area (Å²) in [7, 11) is 0. The molecule has 12 aromatic carbocycles. The van der Waals surface area contributed by atoms with Gasteiger partial charge in [-0.1, -0.05) is 187 Å². The summed E-state index contributed by atoms with van der Waals surface area (Å²) in [5.41, 5.74) is 54.6. The van der Waals surface area contributed by atoms with Crippen LogP contribution in [0.3, 0.4) is 0 Å². The monoisotopic (exact) mass is 1390 g/mol. The second-order valence-corrected chi connectivity index (χ2v) is 29.9. The molecule has 0 radical (unpaired) electrons. The van der Waals surface area contributed by atoms with Crippen molar-refractivity contribution in [1.29, 1.82) is 0 Å². The first-order valence-corrected chi connectivity index (χ1v) is 36.2. The van der Waals surface area contributed by atoms with Crippen LogP contribution in [0.25, 0.3) is 65.7 Å². The lowest BCUT2D eigenvalue weighted by Gasteiger charge is -2.21. The molecule has 0 unspecified atom stereocenters. The number of aryl methyl sites for hydroxylation is 14. The molecule has 0 aromatic heterocycles. The van der Waals surface area contributed by atoms with E-state index in [4.69, 9.17) is 0 Å². The van der Waals surface area contributed by atoms with Crippen molar-refractivity contribution in [3.8, 4) is 33.4 Å². The second-order valence-electron chi connectivity index (χ2n) is 29.9. The third-order valence-corrected chi connectivity index (χ3v) is 23.8. The normalized spacial score (nSPS) is 10.4. The van der Waals surface area contributed by atoms with Gasteiger partial charge in [-0.05, 0) is 456 Å². The molecule has 0 aliphatic carbocycles. The quantitative estimate of drug-likeness (QED) is 0.165. The van der Waals surface area contributed by atoms with E-state index in [1.165, 1.54) is 249 Å². The highest BCUT2D eigenvalue weighted by atomic mass is 14.2. The standard InChI is InChI=1S/C24H26.C18H22.C16H20.C15H18.C14H16.C12H18.5CH4/c1-15-7-11-21(12-8-15)23-17(3)19(5)24(20(6)18(23)4)22-13-9-16(2)10-14-22;1-11-7-9-17(10-8-11)18-15(5)13(3)12(2)14(4)16(18)6;1-9-7-15-8-10(2)12(4)14(6)16(15)13(5)11(9)3;1-9-6-7-14-12(4)10(2)11(3)13(5)15(14)8-9;1-9-5-13-7-11(3)12(4)8-14(13)6-10(9)2;1-7-8(2)10(4)12(6)11(5)9(7)3;;;;;/h7-14H,1-6H3;7-10H,1-6H3;7-8H,1-6H3;6-8H,1-5H3;5-8H,1-4H3;1-6H3;5*1H4. The summed E-state index contributed by atoms with van der Waals surface area (Å²) < 4.78 is 0. The third kappa shape index (κ3) is 19.5. The van der Waals surface area contributed by atoms with Gasteiger partial charge in [0, 0.05) is 0 Å². The predicted octanol–water partition coefficient (Wildman–Crippen LogP) is 31.9. The van der Waals surface area contributed by atoms with E-state index in [-0.39, 0.29) is 37.1 Å². The SMILES string of the molecule is C.C.C.C.C.Cc1c(C)c(C)c(C)c(C)c1C.Cc1cc2cc(C)c(C)c(C)c2c(C)c1C.Cc1cc2cc(C)c(C)cc2cc1C.Cc1ccc(-c2c(C)c(C)c(-c3ccc(C)cc3)c(C)c2C)cc1.Cc1ccc(-c2c(C)c(C)c(C)c(C)c2C)cc1.Cc1ccc2c(C)c(C)c(C)c(C)c2c1. The largest absolute Gasteiger partial charge is 0.0776 e. The number of hydrogen-bond donors (Lipinski definition) is 0. The molecule has 0 spiro atoms. The smallest absolute Gasteiger partial charge is 0.0120 e. The summed E-state index contributed by atoms with van der Waals surface area (Å²) in [5.74, 6) is 0. The Morgan fingerprint density at radius 1 is 0.144 bits per heavy atom. The molecule has 12 aromatic rings. The van der Waals surface area contributed by atoms with E-state index >= 15 is 0 Å². The van der Waals surface area contributed by atoms with Crippen LogP contribution >= 0.6 is 0 Å². The van der Waals surface area contributed by atoms with Crippen LogP contribution in [0.15, 0.2) is 127 Å². The van der Waals surface area contributed by atoms with Crippen LogP contribution in [0.2, 0.25) is 0 Å². The van der Waals surface area contributed by atoms with E-state index in [1.807, 2.05) is 0 Å². The van der Waals surface area contributed by atoms with Crippen LogP contribution in [0.4, 0.5) is 0 Å². The number of fused-ring (bicyclic) bond motifs is 3. The zero-order chi connectivity index (χ0) is 73.8. The summed E-state index contributed by atoms with van der Waals surface area (Å²) in [6, 6.07) is 47.1. The van der Waals surface area contributed by atoms with E-state index in [0.717, 1.165) is 0 Å². The molecule has 0 amide bonds. The van der Waals surface area contributed by atoms with E-state index in [0.29, 0.717) is 0 Å². The number of benzene rings is 12. The topological polar surface area (TPSA) is 0 Å². The fraction of sp³-hybridized carbons (Fsp3) is 0.365. The fourth-order valence-corrected chi connectivity index (χ4v) is 14.6. The van der Waals surface area contributed by atoms with Gasteiger partial charge < -0.3 is 0 Å². The van der Waals surface area contributed by atoms with Gasteiger partial charge in [0.25, 0.3) is 0 Å². The van der Waals surface area contributed by atoms with E-state index in [9.17, 15) is 0 Å². The summed E-state index contributed by atoms with van der Waals surface area (Å²) in [5, 5.41) is 8.37. The molecule has 0 heterocycles. The summed E-state index contributed by atoms with van der Waals surface area (Å²) >= 11 is 0. The van der Waals surface area contributed by atoms with Crippen LogP contribution in [0.1, 0.15) is 221 Å². The first kappa shape index (κ1) is 91.5. The Bertz CT molecular complexity index is 4630. The van der Waals surface area contributed by atoms with Crippen LogP contribution < -0.4 is 0 Å². The van der Waals surface area contributed by atoms with Crippen LogP contribution in [0.5, 0.6) is 0 Å². The Morgan fingerprint density at radius 3 is 0.606 bits per heavy atom. The van der Waals surface area contributed by atoms with Gasteiger partial charge in [0.1, 0.15) is 0 Å². The molecule has 0 heteroatoms. The minimum absolute atomic E-state index is 0. The highest BCUT2D eigenvalue weighted by molar-refractivity contribution is 5.93. The molecular formula is C104H140. The molecule has 0 fully saturated rings. The molecule has 12 rings (SSSR count). The van der Waals surface area contributed by atoms with Crippen molar-refractivity contribution in [2.24, 2.45) is 0 Å².